The molecule has 0 aromatic rings. The zero-order valence-electron chi connectivity index (χ0n) is 12.0. The van der Waals surface area contributed by atoms with Crippen LogP contribution >= 0.6 is 0 Å². The average molecular weight is 259 g/mol. The van der Waals surface area contributed by atoms with Crippen LogP contribution in [-0.4, -0.2) is 48.2 Å². The second kappa shape index (κ2) is 6.85. The van der Waals surface area contributed by atoms with Crippen LogP contribution in [0.25, 0.3) is 0 Å². The number of aliphatic hydroxyl groups excluding tert-OH is 1. The summed E-state index contributed by atoms with van der Waals surface area (Å²) in [7, 11) is 1.66. The van der Waals surface area contributed by atoms with Crippen LogP contribution in [0.2, 0.25) is 0 Å². The molecule has 1 unspecified atom stereocenters. The summed E-state index contributed by atoms with van der Waals surface area (Å²) in [6.45, 7) is 5.53. The highest BCUT2D eigenvalue weighted by Crippen LogP contribution is 2.31. The van der Waals surface area contributed by atoms with E-state index >= 15 is 0 Å². The highest BCUT2D eigenvalue weighted by Gasteiger charge is 2.34. The Labute approximate surface area is 111 Å². The lowest BCUT2D eigenvalue weighted by atomic mass is 9.79. The first-order valence-corrected chi connectivity index (χ1v) is 7.00. The predicted octanol–water partition coefficient (Wildman–Crippen LogP) is 1.30. The van der Waals surface area contributed by atoms with E-state index in [2.05, 4.69) is 12.2 Å². The molecule has 0 spiro atoms. The van der Waals surface area contributed by atoms with Gasteiger partial charge in [0.05, 0.1) is 12.2 Å². The van der Waals surface area contributed by atoms with Gasteiger partial charge in [-0.1, -0.05) is 6.92 Å². The summed E-state index contributed by atoms with van der Waals surface area (Å²) in [5, 5.41) is 23.0. The Kier molecular flexibility index (Phi) is 6.05. The number of ether oxygens (including phenoxy) is 1. The molecule has 4 nitrogen and oxygen atoms in total. The van der Waals surface area contributed by atoms with Crippen molar-refractivity contribution < 1.29 is 14.9 Å². The molecule has 0 aromatic heterocycles. The van der Waals surface area contributed by atoms with Gasteiger partial charge in [-0.3, -0.25) is 0 Å². The van der Waals surface area contributed by atoms with E-state index in [0.717, 1.165) is 31.6 Å². The highest BCUT2D eigenvalue weighted by molar-refractivity contribution is 4.91. The maximum absolute atomic E-state index is 10.5. The number of β-amino-alcohol motifs (C(OH)–C–C–N with tert-alkyl or cyclic N) is 1. The molecule has 0 aromatic carbocycles. The standard InChI is InChI=1S/C14H29NO3/c1-12-4-6-14(17,7-5-12)10-15-13(2,8-9-16)11-18-3/h12,15-17H,4-11H2,1-3H3. The minimum Gasteiger partial charge on any atom is -0.396 e. The van der Waals surface area contributed by atoms with Gasteiger partial charge in [-0.2, -0.15) is 0 Å². The lowest BCUT2D eigenvalue weighted by molar-refractivity contribution is -0.0182. The summed E-state index contributed by atoms with van der Waals surface area (Å²) in [4.78, 5) is 0. The fraction of sp³-hybridized carbons (Fsp3) is 1.00. The molecule has 1 rings (SSSR count). The van der Waals surface area contributed by atoms with Gasteiger partial charge in [-0.05, 0) is 44.9 Å². The molecular formula is C14H29NO3. The first-order valence-electron chi connectivity index (χ1n) is 7.00. The molecule has 0 amide bonds. The van der Waals surface area contributed by atoms with Crippen molar-refractivity contribution in [2.24, 2.45) is 5.92 Å². The molecule has 0 aliphatic heterocycles. The van der Waals surface area contributed by atoms with E-state index in [1.807, 2.05) is 6.92 Å². The van der Waals surface area contributed by atoms with Gasteiger partial charge in [0, 0.05) is 25.8 Å². The van der Waals surface area contributed by atoms with Crippen LogP contribution in [-0.2, 0) is 4.74 Å². The molecule has 0 radical (unpaired) electrons. The maximum atomic E-state index is 10.5. The lowest BCUT2D eigenvalue weighted by Crippen LogP contribution is -2.54. The normalized spacial score (nSPS) is 32.2. The number of rotatable bonds is 7. The van der Waals surface area contributed by atoms with Crippen LogP contribution in [0.15, 0.2) is 0 Å². The quantitative estimate of drug-likeness (QED) is 0.645. The fourth-order valence-electron chi connectivity index (χ4n) is 2.63. The van der Waals surface area contributed by atoms with Gasteiger partial charge in [-0.15, -0.1) is 0 Å². The lowest BCUT2D eigenvalue weighted by Gasteiger charge is -2.39. The Balaban J connectivity index is 2.45. The number of hydrogen-bond acceptors (Lipinski definition) is 4. The van der Waals surface area contributed by atoms with Gasteiger partial charge in [0.2, 0.25) is 0 Å². The summed E-state index contributed by atoms with van der Waals surface area (Å²) in [5.74, 6) is 0.730. The van der Waals surface area contributed by atoms with E-state index in [9.17, 15) is 5.11 Å². The van der Waals surface area contributed by atoms with E-state index < -0.39 is 5.60 Å². The SMILES string of the molecule is COCC(C)(CCO)NCC1(O)CCC(C)CC1. The Morgan fingerprint density at radius 1 is 1.39 bits per heavy atom. The van der Waals surface area contributed by atoms with E-state index in [-0.39, 0.29) is 12.1 Å². The third kappa shape index (κ3) is 4.84. The van der Waals surface area contributed by atoms with Crippen molar-refractivity contribution in [2.75, 3.05) is 26.9 Å². The molecule has 1 fully saturated rings. The Bertz CT molecular complexity index is 231. The number of aliphatic hydroxyl groups is 2. The van der Waals surface area contributed by atoms with Crippen molar-refractivity contribution in [3.63, 3.8) is 0 Å². The topological polar surface area (TPSA) is 61.7 Å². The average Bonchev–Trinajstić information content (AvgIpc) is 2.32. The van der Waals surface area contributed by atoms with Crippen molar-refractivity contribution in [2.45, 2.75) is 57.1 Å². The van der Waals surface area contributed by atoms with Gasteiger partial charge >= 0.3 is 0 Å². The number of hydrogen-bond donors (Lipinski definition) is 3. The summed E-state index contributed by atoms with van der Waals surface area (Å²) >= 11 is 0. The molecule has 1 atom stereocenters. The van der Waals surface area contributed by atoms with Crippen molar-refractivity contribution in [1.82, 2.24) is 5.32 Å². The molecular weight excluding hydrogens is 230 g/mol. The van der Waals surface area contributed by atoms with Gasteiger partial charge in [0.25, 0.3) is 0 Å². The summed E-state index contributed by atoms with van der Waals surface area (Å²) < 4.78 is 5.19. The maximum Gasteiger partial charge on any atom is 0.0772 e. The molecule has 1 aliphatic carbocycles. The van der Waals surface area contributed by atoms with Crippen molar-refractivity contribution in [3.05, 3.63) is 0 Å². The molecule has 1 saturated carbocycles. The van der Waals surface area contributed by atoms with Crippen LogP contribution < -0.4 is 5.32 Å². The third-order valence-electron chi connectivity index (χ3n) is 4.18. The van der Waals surface area contributed by atoms with Gasteiger partial charge in [0.15, 0.2) is 0 Å². The van der Waals surface area contributed by atoms with Gasteiger partial charge in [-0.25, -0.2) is 0 Å². The van der Waals surface area contributed by atoms with Crippen LogP contribution in [0.3, 0.4) is 0 Å². The van der Waals surface area contributed by atoms with Crippen LogP contribution in [0.4, 0.5) is 0 Å². The first kappa shape index (κ1) is 15.9. The minimum atomic E-state index is -0.586. The Morgan fingerprint density at radius 3 is 2.50 bits per heavy atom. The summed E-state index contributed by atoms with van der Waals surface area (Å²) in [6.07, 6.45) is 4.55. The monoisotopic (exact) mass is 259 g/mol. The second-order valence-corrected chi connectivity index (χ2v) is 6.23. The largest absolute Gasteiger partial charge is 0.396 e. The van der Waals surface area contributed by atoms with Crippen LogP contribution in [0, 0.1) is 5.92 Å². The molecule has 18 heavy (non-hydrogen) atoms. The van der Waals surface area contributed by atoms with E-state index in [4.69, 9.17) is 9.84 Å². The van der Waals surface area contributed by atoms with Crippen molar-refractivity contribution in [3.8, 4) is 0 Å². The zero-order chi connectivity index (χ0) is 13.6. The molecule has 0 bridgehead atoms. The smallest absolute Gasteiger partial charge is 0.0772 e. The summed E-state index contributed by atoms with van der Waals surface area (Å²) in [6, 6.07) is 0. The fourth-order valence-corrected chi connectivity index (χ4v) is 2.63. The molecule has 3 N–H and O–H groups in total. The first-order chi connectivity index (χ1) is 8.43. The Hall–Kier alpha value is -0.160. The Morgan fingerprint density at radius 2 is 2.00 bits per heavy atom. The zero-order valence-corrected chi connectivity index (χ0v) is 12.0. The number of nitrogens with one attached hydrogen (secondary N) is 1. The molecule has 0 saturated heterocycles. The number of methoxy groups -OCH3 is 1. The van der Waals surface area contributed by atoms with Gasteiger partial charge in [0.1, 0.15) is 0 Å². The van der Waals surface area contributed by atoms with Crippen molar-refractivity contribution in [1.29, 1.82) is 0 Å². The molecule has 108 valence electrons. The minimum absolute atomic E-state index is 0.127. The highest BCUT2D eigenvalue weighted by atomic mass is 16.5. The molecule has 0 heterocycles. The summed E-state index contributed by atoms with van der Waals surface area (Å²) in [5.41, 5.74) is -0.848. The predicted molar refractivity (Wildman–Crippen MR) is 72.6 cm³/mol. The van der Waals surface area contributed by atoms with E-state index in [1.54, 1.807) is 7.11 Å². The third-order valence-corrected chi connectivity index (χ3v) is 4.18. The van der Waals surface area contributed by atoms with Crippen LogP contribution in [0.1, 0.15) is 46.0 Å². The molecule has 4 heteroatoms. The van der Waals surface area contributed by atoms with Crippen molar-refractivity contribution >= 4 is 0 Å². The second-order valence-electron chi connectivity index (χ2n) is 6.23. The van der Waals surface area contributed by atoms with E-state index in [1.165, 1.54) is 0 Å². The van der Waals surface area contributed by atoms with Crippen LogP contribution in [0.5, 0.6) is 0 Å². The molecule has 1 aliphatic rings. The van der Waals surface area contributed by atoms with E-state index in [0.29, 0.717) is 19.6 Å². The van der Waals surface area contributed by atoms with Gasteiger partial charge < -0.3 is 20.3 Å².